The third-order valence-electron chi connectivity index (χ3n) is 3.95. The van der Waals surface area contributed by atoms with Gasteiger partial charge in [0.15, 0.2) is 23.2 Å². The Labute approximate surface area is 135 Å². The third kappa shape index (κ3) is 2.27. The topological polar surface area (TPSA) is 167 Å². The van der Waals surface area contributed by atoms with Gasteiger partial charge in [-0.3, -0.25) is 13.6 Å². The number of phosphoric ester groups is 1. The Balaban J connectivity index is 1.78. The van der Waals surface area contributed by atoms with E-state index in [1.807, 2.05) is 0 Å². The molecular weight excluding hydrogens is 343 g/mol. The molecule has 0 aliphatic carbocycles. The lowest BCUT2D eigenvalue weighted by atomic mass is 10.1. The minimum absolute atomic E-state index is 0.176. The molecule has 2 aliphatic rings. The molecule has 2 aliphatic heterocycles. The summed E-state index contributed by atoms with van der Waals surface area (Å²) in [6.07, 6.45) is -2.64. The van der Waals surface area contributed by atoms with E-state index in [1.54, 1.807) is 7.05 Å². The van der Waals surface area contributed by atoms with Crippen molar-refractivity contribution in [2.75, 3.05) is 24.7 Å². The average molecular weight is 358 g/mol. The van der Waals surface area contributed by atoms with Crippen molar-refractivity contribution >= 4 is 30.8 Å². The lowest BCUT2D eigenvalue weighted by Gasteiger charge is -2.27. The first kappa shape index (κ1) is 15.7. The first-order chi connectivity index (χ1) is 11.4. The largest absolute Gasteiger partial charge is 0.472 e. The number of nitrogens with one attached hydrogen (secondary N) is 1. The molecule has 2 aromatic heterocycles. The number of nitrogen functional groups attached to an aromatic ring is 1. The van der Waals surface area contributed by atoms with Gasteiger partial charge >= 0.3 is 7.82 Å². The fourth-order valence-corrected chi connectivity index (χ4v) is 3.86. The molecule has 5 atom stereocenters. The van der Waals surface area contributed by atoms with Crippen LogP contribution in [0, 0.1) is 0 Å². The van der Waals surface area contributed by atoms with Crippen LogP contribution in [0.3, 0.4) is 0 Å². The Morgan fingerprint density at radius 3 is 3.04 bits per heavy atom. The van der Waals surface area contributed by atoms with Gasteiger partial charge in [0.2, 0.25) is 5.95 Å². The highest BCUT2D eigenvalue weighted by atomic mass is 31.2. The molecule has 0 aromatic carbocycles. The van der Waals surface area contributed by atoms with Crippen LogP contribution in [0.4, 0.5) is 11.8 Å². The molecule has 2 fully saturated rings. The van der Waals surface area contributed by atoms with Gasteiger partial charge in [-0.2, -0.15) is 0 Å². The van der Waals surface area contributed by atoms with E-state index >= 15 is 0 Å². The van der Waals surface area contributed by atoms with E-state index in [-0.39, 0.29) is 12.4 Å². The molecule has 13 heteroatoms. The van der Waals surface area contributed by atoms with E-state index in [0.29, 0.717) is 17.1 Å². The van der Waals surface area contributed by atoms with Crippen LogP contribution in [0.5, 0.6) is 0 Å². The Kier molecular flexibility index (Phi) is 3.49. The number of anilines is 2. The van der Waals surface area contributed by atoms with Crippen molar-refractivity contribution in [3.63, 3.8) is 0 Å². The van der Waals surface area contributed by atoms with Gasteiger partial charge in [0, 0.05) is 7.05 Å². The summed E-state index contributed by atoms with van der Waals surface area (Å²) >= 11 is 0. The monoisotopic (exact) mass is 358 g/mol. The number of hydrogen-bond donors (Lipinski definition) is 4. The van der Waals surface area contributed by atoms with Crippen LogP contribution < -0.4 is 11.1 Å². The zero-order valence-electron chi connectivity index (χ0n) is 12.4. The van der Waals surface area contributed by atoms with Crippen LogP contribution in [0.15, 0.2) is 6.33 Å². The molecule has 12 nitrogen and oxygen atoms in total. The van der Waals surface area contributed by atoms with Gasteiger partial charge in [-0.1, -0.05) is 0 Å². The molecular formula is C11H15N6O6P. The molecule has 1 unspecified atom stereocenters. The predicted molar refractivity (Wildman–Crippen MR) is 79.8 cm³/mol. The average Bonchev–Trinajstić information content (AvgIpc) is 3.06. The molecule has 2 aromatic rings. The fraction of sp³-hybridized carbons (Fsp3) is 0.545. The summed E-state index contributed by atoms with van der Waals surface area (Å²) in [5, 5.41) is 13.4. The molecule has 0 radical (unpaired) electrons. The number of fused-ring (bicyclic) bond motifs is 2. The molecule has 4 heterocycles. The van der Waals surface area contributed by atoms with Gasteiger partial charge in [0.1, 0.15) is 24.6 Å². The standard InChI is InChI=1S/C11H15N6O6P/c1-13-11-16-5-8(12)14-3-15-9(5)17(11)10-6(18)7-4(22-10)2-21-24(19,20)23-7/h3-4,6-7,10,18H,2H2,1H3,(H,13,16)(H,19,20)(H2,12,14,15)/t4-,6-,7-,10-/m1/s1. The summed E-state index contributed by atoms with van der Waals surface area (Å²) in [5.74, 6) is 0.521. The summed E-state index contributed by atoms with van der Waals surface area (Å²) < 4.78 is 28.5. The molecule has 0 bridgehead atoms. The van der Waals surface area contributed by atoms with Gasteiger partial charge in [-0.05, 0) is 0 Å². The summed E-state index contributed by atoms with van der Waals surface area (Å²) in [5.41, 5.74) is 6.50. The number of aliphatic hydroxyl groups excluding tert-OH is 1. The van der Waals surface area contributed by atoms with E-state index in [2.05, 4.69) is 20.3 Å². The number of rotatable bonds is 2. The quantitative estimate of drug-likeness (QED) is 0.497. The van der Waals surface area contributed by atoms with Gasteiger partial charge in [0.25, 0.3) is 0 Å². The van der Waals surface area contributed by atoms with Crippen molar-refractivity contribution in [2.45, 2.75) is 24.5 Å². The van der Waals surface area contributed by atoms with E-state index < -0.39 is 32.4 Å². The van der Waals surface area contributed by atoms with E-state index in [0.717, 1.165) is 0 Å². The van der Waals surface area contributed by atoms with Crippen LogP contribution in [0.1, 0.15) is 6.23 Å². The minimum Gasteiger partial charge on any atom is -0.386 e. The highest BCUT2D eigenvalue weighted by Gasteiger charge is 2.53. The van der Waals surface area contributed by atoms with Gasteiger partial charge in [-0.15, -0.1) is 0 Å². The van der Waals surface area contributed by atoms with Crippen LogP contribution in [0.2, 0.25) is 0 Å². The lowest BCUT2D eigenvalue weighted by molar-refractivity contribution is -0.0659. The summed E-state index contributed by atoms with van der Waals surface area (Å²) in [6.45, 7) is -0.176. The zero-order valence-corrected chi connectivity index (χ0v) is 13.3. The SMILES string of the molecule is CNc1nc2c(N)ncnc2n1[C@@H]1O[C@@H]2COP(=O)(O)O[C@H]2[C@H]1O. The highest BCUT2D eigenvalue weighted by Crippen LogP contribution is 2.52. The Morgan fingerprint density at radius 1 is 1.50 bits per heavy atom. The third-order valence-corrected chi connectivity index (χ3v) is 4.93. The fourth-order valence-electron chi connectivity index (χ4n) is 2.89. The van der Waals surface area contributed by atoms with Gasteiger partial charge in [0.05, 0.1) is 6.61 Å². The van der Waals surface area contributed by atoms with Crippen molar-refractivity contribution in [1.82, 2.24) is 19.5 Å². The molecule has 0 amide bonds. The summed E-state index contributed by atoms with van der Waals surface area (Å²) in [6, 6.07) is 0. The van der Waals surface area contributed by atoms with E-state index in [9.17, 15) is 14.6 Å². The first-order valence-corrected chi connectivity index (χ1v) is 8.56. The maximum Gasteiger partial charge on any atom is 0.472 e. The Morgan fingerprint density at radius 2 is 2.29 bits per heavy atom. The smallest absolute Gasteiger partial charge is 0.386 e. The molecule has 130 valence electrons. The number of aliphatic hydroxyl groups is 1. The van der Waals surface area contributed by atoms with Crippen LogP contribution >= 0.6 is 7.82 Å². The van der Waals surface area contributed by atoms with Crippen molar-refractivity contribution in [1.29, 1.82) is 0 Å². The minimum atomic E-state index is -4.20. The van der Waals surface area contributed by atoms with Crippen LogP contribution in [0.25, 0.3) is 11.2 Å². The number of ether oxygens (including phenoxy) is 1. The van der Waals surface area contributed by atoms with Crippen LogP contribution in [-0.4, -0.2) is 61.5 Å². The molecule has 4 rings (SSSR count). The predicted octanol–water partition coefficient (Wildman–Crippen LogP) is -0.776. The second-order valence-electron chi connectivity index (χ2n) is 5.38. The van der Waals surface area contributed by atoms with Crippen molar-refractivity contribution in [3.8, 4) is 0 Å². The number of hydrogen-bond acceptors (Lipinski definition) is 10. The lowest BCUT2D eigenvalue weighted by Crippen LogP contribution is -2.39. The van der Waals surface area contributed by atoms with Gasteiger partial charge < -0.3 is 25.8 Å². The number of nitrogens with two attached hydrogens (primary N) is 1. The second-order valence-corrected chi connectivity index (χ2v) is 6.78. The van der Waals surface area contributed by atoms with Crippen molar-refractivity contribution < 1.29 is 28.3 Å². The number of imidazole rings is 1. The number of aromatic nitrogens is 4. The molecule has 0 spiro atoms. The number of phosphoric acid groups is 1. The summed E-state index contributed by atoms with van der Waals surface area (Å²) in [7, 11) is -2.56. The normalized spacial score (nSPS) is 36.0. The molecule has 2 saturated heterocycles. The van der Waals surface area contributed by atoms with E-state index in [1.165, 1.54) is 10.9 Å². The number of nitrogens with zero attached hydrogens (tertiary/aromatic N) is 4. The van der Waals surface area contributed by atoms with Crippen molar-refractivity contribution in [2.24, 2.45) is 0 Å². The van der Waals surface area contributed by atoms with Crippen LogP contribution in [-0.2, 0) is 18.3 Å². The van der Waals surface area contributed by atoms with Crippen molar-refractivity contribution in [3.05, 3.63) is 6.33 Å². The molecule has 24 heavy (non-hydrogen) atoms. The molecule has 5 N–H and O–H groups in total. The Bertz CT molecular complexity index is 844. The maximum atomic E-state index is 11.6. The Hall–Kier alpha value is -1.82. The summed E-state index contributed by atoms with van der Waals surface area (Å²) in [4.78, 5) is 21.7. The zero-order chi connectivity index (χ0) is 17.1. The maximum absolute atomic E-state index is 11.6. The second kappa shape index (κ2) is 5.34. The molecule has 0 saturated carbocycles. The first-order valence-electron chi connectivity index (χ1n) is 7.06. The van der Waals surface area contributed by atoms with E-state index in [4.69, 9.17) is 19.5 Å². The highest BCUT2D eigenvalue weighted by molar-refractivity contribution is 7.47. The van der Waals surface area contributed by atoms with Gasteiger partial charge in [-0.25, -0.2) is 19.5 Å².